The molecule has 0 aromatic carbocycles. The molecule has 0 fully saturated rings. The van der Waals surface area contributed by atoms with Crippen molar-refractivity contribution in [2.75, 3.05) is 13.6 Å². The van der Waals surface area contributed by atoms with Gasteiger partial charge in [-0.05, 0) is 32.9 Å². The second-order valence-electron chi connectivity index (χ2n) is 3.52. The second kappa shape index (κ2) is 9.80. The second-order valence-corrected chi connectivity index (χ2v) is 3.52. The first-order valence-electron chi connectivity index (χ1n) is 5.59. The lowest BCUT2D eigenvalue weighted by Gasteiger charge is -2.15. The van der Waals surface area contributed by atoms with Crippen LogP contribution in [-0.2, 0) is 14.3 Å². The normalized spacial score (nSPS) is 12.6. The summed E-state index contributed by atoms with van der Waals surface area (Å²) in [6, 6.07) is 0. The number of ether oxygens (including phenoxy) is 1. The standard InChI is InChI=1S/C11H20N2O4/c1-13-9(5-3-2-4-8-12)17-11(16)7-6-10(14)15/h6-7,9,13H,2-5,8,12H2,1H3,(H,14,15)/b7-6-. The molecule has 98 valence electrons. The van der Waals surface area contributed by atoms with Gasteiger partial charge in [0.1, 0.15) is 0 Å². The van der Waals surface area contributed by atoms with Gasteiger partial charge in [-0.1, -0.05) is 6.42 Å². The lowest BCUT2D eigenvalue weighted by molar-refractivity contribution is -0.145. The molecule has 0 saturated carbocycles. The van der Waals surface area contributed by atoms with Crippen LogP contribution in [0.15, 0.2) is 12.2 Å². The molecule has 0 amide bonds. The average molecular weight is 244 g/mol. The molecule has 0 aromatic heterocycles. The Morgan fingerprint density at radius 3 is 2.59 bits per heavy atom. The van der Waals surface area contributed by atoms with Gasteiger partial charge in [0.2, 0.25) is 0 Å². The quantitative estimate of drug-likeness (QED) is 0.232. The maximum atomic E-state index is 11.2. The largest absolute Gasteiger partial charge is 0.478 e. The summed E-state index contributed by atoms with van der Waals surface area (Å²) in [6.45, 7) is 0.658. The van der Waals surface area contributed by atoms with Crippen LogP contribution >= 0.6 is 0 Å². The molecular formula is C11H20N2O4. The van der Waals surface area contributed by atoms with Crippen molar-refractivity contribution in [3.63, 3.8) is 0 Å². The molecule has 1 atom stereocenters. The van der Waals surface area contributed by atoms with Crippen molar-refractivity contribution in [3.8, 4) is 0 Å². The van der Waals surface area contributed by atoms with Gasteiger partial charge in [0.15, 0.2) is 6.23 Å². The van der Waals surface area contributed by atoms with Gasteiger partial charge in [-0.25, -0.2) is 9.59 Å². The molecular weight excluding hydrogens is 224 g/mol. The molecule has 0 spiro atoms. The SMILES string of the molecule is CNC(CCCCCN)OC(=O)/C=C\C(=O)O. The summed E-state index contributed by atoms with van der Waals surface area (Å²) < 4.78 is 5.00. The Kier molecular flexibility index (Phi) is 8.99. The highest BCUT2D eigenvalue weighted by Crippen LogP contribution is 2.04. The third kappa shape index (κ3) is 9.52. The van der Waals surface area contributed by atoms with Crippen LogP contribution in [0.25, 0.3) is 0 Å². The number of carboxylic acid groups (broad SMARTS) is 1. The summed E-state index contributed by atoms with van der Waals surface area (Å²) in [5.74, 6) is -1.84. The van der Waals surface area contributed by atoms with Crippen LogP contribution in [0, 0.1) is 0 Å². The molecule has 0 saturated heterocycles. The highest BCUT2D eigenvalue weighted by atomic mass is 16.6. The van der Waals surface area contributed by atoms with E-state index in [-0.39, 0.29) is 0 Å². The fourth-order valence-electron chi connectivity index (χ4n) is 1.23. The summed E-state index contributed by atoms with van der Waals surface area (Å²) in [5, 5.41) is 11.2. The summed E-state index contributed by atoms with van der Waals surface area (Å²) in [7, 11) is 1.68. The predicted octanol–water partition coefficient (Wildman–Crippen LogP) is 0.235. The van der Waals surface area contributed by atoms with Crippen LogP contribution in [0.4, 0.5) is 0 Å². The van der Waals surface area contributed by atoms with Crippen LogP contribution in [0.3, 0.4) is 0 Å². The van der Waals surface area contributed by atoms with Gasteiger partial charge in [-0.3, -0.25) is 5.32 Å². The number of carbonyl (C=O) groups is 2. The fourth-order valence-corrected chi connectivity index (χ4v) is 1.23. The number of hydrogen-bond acceptors (Lipinski definition) is 5. The molecule has 0 rings (SSSR count). The van der Waals surface area contributed by atoms with E-state index >= 15 is 0 Å². The Balaban J connectivity index is 3.87. The third-order valence-corrected chi connectivity index (χ3v) is 2.11. The number of esters is 1. The van der Waals surface area contributed by atoms with E-state index in [1.165, 1.54) is 0 Å². The predicted molar refractivity (Wildman–Crippen MR) is 63.2 cm³/mol. The smallest absolute Gasteiger partial charge is 0.332 e. The van der Waals surface area contributed by atoms with Crippen LogP contribution in [0.1, 0.15) is 25.7 Å². The molecule has 6 heteroatoms. The first kappa shape index (κ1) is 15.6. The van der Waals surface area contributed by atoms with E-state index in [0.29, 0.717) is 13.0 Å². The lowest BCUT2D eigenvalue weighted by atomic mass is 10.2. The van der Waals surface area contributed by atoms with Gasteiger partial charge in [0.05, 0.1) is 0 Å². The topological polar surface area (TPSA) is 102 Å². The minimum absolute atomic E-state index is 0.390. The van der Waals surface area contributed by atoms with E-state index < -0.39 is 18.2 Å². The summed E-state index contributed by atoms with van der Waals surface area (Å²) in [6.07, 6.45) is 4.77. The Morgan fingerprint density at radius 1 is 1.35 bits per heavy atom. The molecule has 0 aromatic rings. The Morgan fingerprint density at radius 2 is 2.06 bits per heavy atom. The van der Waals surface area contributed by atoms with Crippen molar-refractivity contribution in [1.82, 2.24) is 5.32 Å². The van der Waals surface area contributed by atoms with E-state index in [2.05, 4.69) is 5.32 Å². The summed E-state index contributed by atoms with van der Waals surface area (Å²) in [4.78, 5) is 21.4. The van der Waals surface area contributed by atoms with Crippen LogP contribution in [0.2, 0.25) is 0 Å². The first-order valence-corrected chi connectivity index (χ1v) is 5.59. The van der Waals surface area contributed by atoms with Crippen molar-refractivity contribution >= 4 is 11.9 Å². The molecule has 0 aliphatic carbocycles. The Hall–Kier alpha value is -1.40. The first-order chi connectivity index (χ1) is 8.10. The van der Waals surface area contributed by atoms with E-state index in [4.69, 9.17) is 15.6 Å². The van der Waals surface area contributed by atoms with E-state index in [0.717, 1.165) is 31.4 Å². The number of unbranched alkanes of at least 4 members (excludes halogenated alkanes) is 2. The minimum Gasteiger partial charge on any atom is -0.478 e. The van der Waals surface area contributed by atoms with Gasteiger partial charge < -0.3 is 15.6 Å². The molecule has 0 heterocycles. The van der Waals surface area contributed by atoms with Gasteiger partial charge >= 0.3 is 11.9 Å². The van der Waals surface area contributed by atoms with Crippen LogP contribution in [0.5, 0.6) is 0 Å². The van der Waals surface area contributed by atoms with E-state index in [9.17, 15) is 9.59 Å². The maximum Gasteiger partial charge on any atom is 0.332 e. The molecule has 17 heavy (non-hydrogen) atoms. The highest BCUT2D eigenvalue weighted by Gasteiger charge is 2.09. The maximum absolute atomic E-state index is 11.2. The fraction of sp³-hybridized carbons (Fsp3) is 0.636. The van der Waals surface area contributed by atoms with Crippen LogP contribution in [-0.4, -0.2) is 36.9 Å². The highest BCUT2D eigenvalue weighted by molar-refractivity contribution is 5.90. The monoisotopic (exact) mass is 244 g/mol. The number of carboxylic acids is 1. The molecule has 0 aliphatic heterocycles. The van der Waals surface area contributed by atoms with E-state index in [1.54, 1.807) is 7.05 Å². The Labute approximate surface area is 101 Å². The zero-order valence-electron chi connectivity index (χ0n) is 10.0. The number of rotatable bonds is 9. The molecule has 0 radical (unpaired) electrons. The van der Waals surface area contributed by atoms with Crippen molar-refractivity contribution in [2.45, 2.75) is 31.9 Å². The minimum atomic E-state index is -1.18. The molecule has 0 aliphatic rings. The van der Waals surface area contributed by atoms with Gasteiger partial charge in [-0.2, -0.15) is 0 Å². The number of aliphatic carboxylic acids is 1. The Bertz CT molecular complexity index is 266. The molecule has 0 bridgehead atoms. The van der Waals surface area contributed by atoms with Crippen molar-refractivity contribution in [3.05, 3.63) is 12.2 Å². The molecule has 1 unspecified atom stereocenters. The zero-order chi connectivity index (χ0) is 13.1. The number of nitrogens with two attached hydrogens (primary N) is 1. The van der Waals surface area contributed by atoms with E-state index in [1.807, 2.05) is 0 Å². The lowest BCUT2D eigenvalue weighted by Crippen LogP contribution is -2.30. The van der Waals surface area contributed by atoms with Crippen molar-refractivity contribution in [1.29, 1.82) is 0 Å². The molecule has 6 nitrogen and oxygen atoms in total. The number of carbonyl (C=O) groups excluding carboxylic acids is 1. The zero-order valence-corrected chi connectivity index (χ0v) is 10.0. The summed E-state index contributed by atoms with van der Waals surface area (Å²) >= 11 is 0. The number of hydrogen-bond donors (Lipinski definition) is 3. The van der Waals surface area contributed by atoms with Gasteiger partial charge in [0, 0.05) is 12.2 Å². The van der Waals surface area contributed by atoms with Crippen molar-refractivity contribution in [2.24, 2.45) is 5.73 Å². The van der Waals surface area contributed by atoms with Crippen molar-refractivity contribution < 1.29 is 19.4 Å². The van der Waals surface area contributed by atoms with Gasteiger partial charge in [0.25, 0.3) is 0 Å². The summed E-state index contributed by atoms with van der Waals surface area (Å²) in [5.41, 5.74) is 5.36. The molecule has 4 N–H and O–H groups in total. The van der Waals surface area contributed by atoms with Gasteiger partial charge in [-0.15, -0.1) is 0 Å². The van der Waals surface area contributed by atoms with Crippen LogP contribution < -0.4 is 11.1 Å². The third-order valence-electron chi connectivity index (χ3n) is 2.11. The number of nitrogens with one attached hydrogen (secondary N) is 1. The average Bonchev–Trinajstić information content (AvgIpc) is 2.30.